The monoisotopic (exact) mass is 325 g/mol. The molecule has 0 atom stereocenters. The highest BCUT2D eigenvalue weighted by atomic mass is 79.9. The van der Waals surface area contributed by atoms with Gasteiger partial charge in [0.1, 0.15) is 0 Å². The minimum absolute atomic E-state index is 0.0131. The van der Waals surface area contributed by atoms with Crippen LogP contribution in [0.25, 0.3) is 0 Å². The zero-order valence-electron chi connectivity index (χ0n) is 8.74. The number of nitrogens with zero attached hydrogens (tertiary/aromatic N) is 1. The van der Waals surface area contributed by atoms with Crippen LogP contribution in [0.15, 0.2) is 28.8 Å². The summed E-state index contributed by atoms with van der Waals surface area (Å²) >= 11 is 2.98. The number of alkyl halides is 3. The number of hydrogen-bond donors (Lipinski definition) is 1. The third-order valence-electron chi connectivity index (χ3n) is 1.97. The Hall–Kier alpha value is -1.57. The van der Waals surface area contributed by atoms with E-state index in [1.807, 2.05) is 0 Å². The highest BCUT2D eigenvalue weighted by molar-refractivity contribution is 9.10. The van der Waals surface area contributed by atoms with Crippen LogP contribution in [0.4, 0.5) is 18.9 Å². The number of nitro groups is 1. The predicted molar refractivity (Wildman–Crippen MR) is 61.4 cm³/mol. The first-order chi connectivity index (χ1) is 8.20. The van der Waals surface area contributed by atoms with Crippen molar-refractivity contribution in [3.63, 3.8) is 0 Å². The number of phenolic OH excluding ortho intramolecular Hbond substituents is 1. The van der Waals surface area contributed by atoms with E-state index in [9.17, 15) is 28.4 Å². The van der Waals surface area contributed by atoms with Crippen molar-refractivity contribution in [3.8, 4) is 5.75 Å². The molecule has 0 aromatic heterocycles. The van der Waals surface area contributed by atoms with Gasteiger partial charge in [0.25, 0.3) is 0 Å². The standard InChI is InChI=1S/C10H7BrF3NO3/c11-7-4-6(2-1-3-10(12,13)14)9(16)8(5-7)15(17)18/h1,3-5,16H,2H2/b3-1+. The molecule has 0 saturated carbocycles. The molecule has 0 bridgehead atoms. The number of rotatable bonds is 3. The Balaban J connectivity index is 3.03. The molecule has 98 valence electrons. The normalized spacial score (nSPS) is 12.0. The molecule has 1 N–H and O–H groups in total. The van der Waals surface area contributed by atoms with Gasteiger partial charge >= 0.3 is 11.9 Å². The van der Waals surface area contributed by atoms with Gasteiger partial charge in [0.15, 0.2) is 5.75 Å². The van der Waals surface area contributed by atoms with Gasteiger partial charge in [-0.15, -0.1) is 0 Å². The van der Waals surface area contributed by atoms with Gasteiger partial charge < -0.3 is 5.11 Å². The minimum Gasteiger partial charge on any atom is -0.502 e. The van der Waals surface area contributed by atoms with Crippen LogP contribution in [0.3, 0.4) is 0 Å². The summed E-state index contributed by atoms with van der Waals surface area (Å²) in [5.41, 5.74) is -0.517. The second-order valence-corrected chi connectivity index (χ2v) is 4.25. The van der Waals surface area contributed by atoms with Crippen LogP contribution in [0.5, 0.6) is 5.75 Å². The van der Waals surface area contributed by atoms with Gasteiger partial charge in [-0.05, 0) is 12.5 Å². The molecule has 0 aliphatic rings. The van der Waals surface area contributed by atoms with E-state index in [0.29, 0.717) is 4.47 Å². The van der Waals surface area contributed by atoms with Gasteiger partial charge in [-0.2, -0.15) is 13.2 Å². The Morgan fingerprint density at radius 1 is 1.44 bits per heavy atom. The van der Waals surface area contributed by atoms with Gasteiger partial charge in [-0.1, -0.05) is 22.0 Å². The van der Waals surface area contributed by atoms with Crippen LogP contribution in [0.2, 0.25) is 0 Å². The Bertz CT molecular complexity index is 500. The van der Waals surface area contributed by atoms with Crippen molar-refractivity contribution in [2.45, 2.75) is 12.6 Å². The largest absolute Gasteiger partial charge is 0.502 e. The molecular formula is C10H7BrF3NO3. The smallest absolute Gasteiger partial charge is 0.409 e. The summed E-state index contributed by atoms with van der Waals surface area (Å²) in [5.74, 6) is -0.630. The van der Waals surface area contributed by atoms with Crippen molar-refractivity contribution in [1.29, 1.82) is 0 Å². The Kier molecular flexibility index (Phi) is 4.33. The highest BCUT2D eigenvalue weighted by Gasteiger charge is 2.22. The molecule has 8 heteroatoms. The van der Waals surface area contributed by atoms with Crippen LogP contribution in [-0.2, 0) is 6.42 Å². The lowest BCUT2D eigenvalue weighted by Crippen LogP contribution is -2.01. The van der Waals surface area contributed by atoms with E-state index in [1.54, 1.807) is 0 Å². The molecule has 18 heavy (non-hydrogen) atoms. The van der Waals surface area contributed by atoms with Crippen molar-refractivity contribution in [2.75, 3.05) is 0 Å². The summed E-state index contributed by atoms with van der Waals surface area (Å²) in [6.07, 6.45) is -3.91. The van der Waals surface area contributed by atoms with E-state index in [0.717, 1.165) is 12.1 Å². The maximum absolute atomic E-state index is 11.9. The third kappa shape index (κ3) is 4.02. The van der Waals surface area contributed by atoms with Crippen molar-refractivity contribution in [1.82, 2.24) is 0 Å². The Morgan fingerprint density at radius 2 is 2.06 bits per heavy atom. The van der Waals surface area contributed by atoms with Crippen molar-refractivity contribution < 1.29 is 23.2 Å². The molecule has 0 aliphatic heterocycles. The van der Waals surface area contributed by atoms with Gasteiger partial charge in [0.05, 0.1) is 4.92 Å². The summed E-state index contributed by atoms with van der Waals surface area (Å²) in [6, 6.07) is 2.40. The fourth-order valence-corrected chi connectivity index (χ4v) is 1.75. The minimum atomic E-state index is -4.45. The van der Waals surface area contributed by atoms with Crippen LogP contribution >= 0.6 is 15.9 Å². The van der Waals surface area contributed by atoms with E-state index in [2.05, 4.69) is 15.9 Å². The highest BCUT2D eigenvalue weighted by Crippen LogP contribution is 2.34. The first kappa shape index (κ1) is 14.5. The molecule has 0 heterocycles. The fourth-order valence-electron chi connectivity index (χ4n) is 1.25. The lowest BCUT2D eigenvalue weighted by molar-refractivity contribution is -0.386. The molecule has 0 spiro atoms. The summed E-state index contributed by atoms with van der Waals surface area (Å²) in [4.78, 5) is 9.78. The van der Waals surface area contributed by atoms with Gasteiger partial charge in [-0.25, -0.2) is 0 Å². The van der Waals surface area contributed by atoms with E-state index in [4.69, 9.17) is 0 Å². The third-order valence-corrected chi connectivity index (χ3v) is 2.43. The maximum atomic E-state index is 11.9. The quantitative estimate of drug-likeness (QED) is 0.523. The first-order valence-corrected chi connectivity index (χ1v) is 5.40. The summed E-state index contributed by atoms with van der Waals surface area (Å²) < 4.78 is 35.9. The zero-order chi connectivity index (χ0) is 13.9. The second kappa shape index (κ2) is 5.38. The van der Waals surface area contributed by atoms with E-state index < -0.39 is 22.5 Å². The SMILES string of the molecule is O=[N+]([O-])c1cc(Br)cc(C/C=C/C(F)(F)F)c1O. The van der Waals surface area contributed by atoms with Crippen LogP contribution in [0.1, 0.15) is 5.56 Å². The van der Waals surface area contributed by atoms with E-state index in [-0.39, 0.29) is 18.1 Å². The average molecular weight is 326 g/mol. The summed E-state index contributed by atoms with van der Waals surface area (Å²) in [6.45, 7) is 0. The molecule has 0 radical (unpaired) electrons. The van der Waals surface area contributed by atoms with Gasteiger partial charge in [-0.3, -0.25) is 10.1 Å². The number of benzene rings is 1. The van der Waals surface area contributed by atoms with E-state index >= 15 is 0 Å². The molecule has 0 unspecified atom stereocenters. The number of nitro benzene ring substituents is 1. The number of allylic oxidation sites excluding steroid dienone is 2. The lowest BCUT2D eigenvalue weighted by Gasteiger charge is -2.04. The molecule has 1 aromatic carbocycles. The molecule has 1 aromatic rings. The van der Waals surface area contributed by atoms with Crippen molar-refractivity contribution >= 4 is 21.6 Å². The average Bonchev–Trinajstić information content (AvgIpc) is 2.20. The van der Waals surface area contributed by atoms with Crippen LogP contribution in [0, 0.1) is 10.1 Å². The molecule has 0 amide bonds. The molecule has 0 saturated heterocycles. The molecule has 1 rings (SSSR count). The van der Waals surface area contributed by atoms with E-state index in [1.165, 1.54) is 6.07 Å². The topological polar surface area (TPSA) is 63.4 Å². The second-order valence-electron chi connectivity index (χ2n) is 3.34. The van der Waals surface area contributed by atoms with Gasteiger partial charge in [0.2, 0.25) is 0 Å². The molecule has 0 fully saturated rings. The van der Waals surface area contributed by atoms with Crippen molar-refractivity contribution in [2.24, 2.45) is 0 Å². The zero-order valence-corrected chi connectivity index (χ0v) is 10.3. The maximum Gasteiger partial charge on any atom is 0.409 e. The fraction of sp³-hybridized carbons (Fsp3) is 0.200. The van der Waals surface area contributed by atoms with Crippen LogP contribution < -0.4 is 0 Å². The summed E-state index contributed by atoms with van der Waals surface area (Å²) in [7, 11) is 0. The predicted octanol–water partition coefficient (Wildman–Crippen LogP) is 3.72. The Labute approximate surface area is 108 Å². The van der Waals surface area contributed by atoms with Gasteiger partial charge in [0, 0.05) is 22.2 Å². The molecular weight excluding hydrogens is 319 g/mol. The number of hydrogen-bond acceptors (Lipinski definition) is 3. The number of phenols is 1. The van der Waals surface area contributed by atoms with Crippen molar-refractivity contribution in [3.05, 3.63) is 44.4 Å². The molecule has 0 aliphatic carbocycles. The Morgan fingerprint density at radius 3 is 2.56 bits per heavy atom. The lowest BCUT2D eigenvalue weighted by atomic mass is 10.1. The van der Waals surface area contributed by atoms with Crippen LogP contribution in [-0.4, -0.2) is 16.2 Å². The first-order valence-electron chi connectivity index (χ1n) is 4.61. The number of halogens is 4. The summed E-state index contributed by atoms with van der Waals surface area (Å²) in [5, 5.41) is 20.1. The number of aromatic hydroxyl groups is 1. The molecule has 4 nitrogen and oxygen atoms in total.